The Kier molecular flexibility index (Phi) is 5.46. The maximum absolute atomic E-state index is 12.5. The number of furan rings is 1. The summed E-state index contributed by atoms with van der Waals surface area (Å²) >= 11 is 0. The zero-order chi connectivity index (χ0) is 18.5. The number of rotatable bonds is 6. The van der Waals surface area contributed by atoms with Crippen molar-refractivity contribution in [3.8, 4) is 11.5 Å². The van der Waals surface area contributed by atoms with Gasteiger partial charge in [0, 0.05) is 13.1 Å². The first-order valence-corrected chi connectivity index (χ1v) is 8.45. The first-order chi connectivity index (χ1) is 12.6. The molecule has 1 fully saturated rings. The Morgan fingerprint density at radius 3 is 2.73 bits per heavy atom. The number of ether oxygens (including phenoxy) is 2. The standard InChI is InChI=1S/C19H21NO6/c1-24-15-6-2-3-7-16(15)25-12-14-8-9-17(26-14)18(21)20-10-4-5-13(11-20)19(22)23/h2-3,6-9,13H,4-5,10-12H2,1H3,(H,22,23)/t13-/m1/s1. The highest BCUT2D eigenvalue weighted by molar-refractivity contribution is 5.92. The van der Waals surface area contributed by atoms with E-state index in [1.54, 1.807) is 31.4 Å². The van der Waals surface area contributed by atoms with Crippen LogP contribution in [0, 0.1) is 5.92 Å². The second kappa shape index (κ2) is 7.95. The van der Waals surface area contributed by atoms with Gasteiger partial charge in [-0.05, 0) is 37.1 Å². The van der Waals surface area contributed by atoms with E-state index in [0.717, 1.165) is 0 Å². The smallest absolute Gasteiger partial charge is 0.308 e. The fourth-order valence-corrected chi connectivity index (χ4v) is 2.98. The molecule has 0 radical (unpaired) electrons. The molecule has 1 aromatic carbocycles. The van der Waals surface area contributed by atoms with Crippen molar-refractivity contribution in [2.24, 2.45) is 5.92 Å². The van der Waals surface area contributed by atoms with E-state index in [1.807, 2.05) is 12.1 Å². The molecule has 0 bridgehead atoms. The summed E-state index contributed by atoms with van der Waals surface area (Å²) in [5.74, 6) is 0.215. The summed E-state index contributed by atoms with van der Waals surface area (Å²) < 4.78 is 16.5. The lowest BCUT2D eigenvalue weighted by Gasteiger charge is -2.29. The number of amides is 1. The van der Waals surface area contributed by atoms with E-state index < -0.39 is 11.9 Å². The molecular formula is C19H21NO6. The third-order valence-corrected chi connectivity index (χ3v) is 4.37. The third-order valence-electron chi connectivity index (χ3n) is 4.37. The van der Waals surface area contributed by atoms with E-state index in [9.17, 15) is 9.59 Å². The van der Waals surface area contributed by atoms with Crippen molar-refractivity contribution < 1.29 is 28.6 Å². The van der Waals surface area contributed by atoms with Crippen LogP contribution in [-0.4, -0.2) is 42.1 Å². The number of carbonyl (C=O) groups is 2. The number of nitrogens with zero attached hydrogens (tertiary/aromatic N) is 1. The average molecular weight is 359 g/mol. The monoisotopic (exact) mass is 359 g/mol. The Bertz CT molecular complexity index is 784. The van der Waals surface area contributed by atoms with Crippen molar-refractivity contribution in [2.45, 2.75) is 19.4 Å². The van der Waals surface area contributed by atoms with Crippen LogP contribution in [0.4, 0.5) is 0 Å². The molecule has 0 aliphatic carbocycles. The van der Waals surface area contributed by atoms with Crippen LogP contribution in [0.15, 0.2) is 40.8 Å². The molecule has 0 saturated carbocycles. The van der Waals surface area contributed by atoms with Gasteiger partial charge in [0.25, 0.3) is 5.91 Å². The average Bonchev–Trinajstić information content (AvgIpc) is 3.15. The number of likely N-dealkylation sites (tertiary alicyclic amines) is 1. The maximum atomic E-state index is 12.5. The van der Waals surface area contributed by atoms with Crippen molar-refractivity contribution in [1.82, 2.24) is 4.90 Å². The molecule has 1 amide bonds. The lowest BCUT2D eigenvalue weighted by atomic mass is 9.98. The number of methoxy groups -OCH3 is 1. The number of aliphatic carboxylic acids is 1. The van der Waals surface area contributed by atoms with Gasteiger partial charge < -0.3 is 23.9 Å². The van der Waals surface area contributed by atoms with E-state index >= 15 is 0 Å². The van der Waals surface area contributed by atoms with Crippen LogP contribution < -0.4 is 9.47 Å². The zero-order valence-corrected chi connectivity index (χ0v) is 14.5. The number of piperidine rings is 1. The minimum atomic E-state index is -0.868. The van der Waals surface area contributed by atoms with Crippen molar-refractivity contribution in [3.05, 3.63) is 47.9 Å². The second-order valence-corrected chi connectivity index (χ2v) is 6.13. The molecule has 0 spiro atoms. The number of carbonyl (C=O) groups excluding carboxylic acids is 1. The molecule has 7 nitrogen and oxygen atoms in total. The highest BCUT2D eigenvalue weighted by Crippen LogP contribution is 2.27. The number of para-hydroxylation sites is 2. The summed E-state index contributed by atoms with van der Waals surface area (Å²) in [6.45, 7) is 0.906. The van der Waals surface area contributed by atoms with Crippen molar-refractivity contribution in [3.63, 3.8) is 0 Å². The quantitative estimate of drug-likeness (QED) is 0.853. The predicted molar refractivity (Wildman–Crippen MR) is 92.3 cm³/mol. The molecular weight excluding hydrogens is 338 g/mol. The Labute approximate surface area is 151 Å². The number of hydrogen-bond donors (Lipinski definition) is 1. The summed E-state index contributed by atoms with van der Waals surface area (Å²) in [6.07, 6.45) is 1.27. The van der Waals surface area contributed by atoms with E-state index in [0.29, 0.717) is 36.6 Å². The molecule has 1 atom stereocenters. The number of hydrogen-bond acceptors (Lipinski definition) is 5. The van der Waals surface area contributed by atoms with Crippen molar-refractivity contribution in [2.75, 3.05) is 20.2 Å². The van der Waals surface area contributed by atoms with Gasteiger partial charge in [0.05, 0.1) is 13.0 Å². The van der Waals surface area contributed by atoms with Crippen LogP contribution in [0.5, 0.6) is 11.5 Å². The Morgan fingerprint density at radius 2 is 2.00 bits per heavy atom. The van der Waals surface area contributed by atoms with Gasteiger partial charge in [0.2, 0.25) is 0 Å². The molecule has 1 saturated heterocycles. The second-order valence-electron chi connectivity index (χ2n) is 6.13. The van der Waals surface area contributed by atoms with E-state index in [4.69, 9.17) is 19.0 Å². The molecule has 1 aliphatic rings. The third kappa shape index (κ3) is 3.99. The summed E-state index contributed by atoms with van der Waals surface area (Å²) in [6, 6.07) is 10.5. The van der Waals surface area contributed by atoms with Crippen LogP contribution in [-0.2, 0) is 11.4 Å². The summed E-state index contributed by atoms with van der Waals surface area (Å²) in [5, 5.41) is 9.15. The molecule has 2 aromatic rings. The molecule has 26 heavy (non-hydrogen) atoms. The van der Waals surface area contributed by atoms with Crippen LogP contribution in [0.2, 0.25) is 0 Å². The maximum Gasteiger partial charge on any atom is 0.308 e. The van der Waals surface area contributed by atoms with E-state index in [-0.39, 0.29) is 24.8 Å². The fourth-order valence-electron chi connectivity index (χ4n) is 2.98. The predicted octanol–water partition coefficient (Wildman–Crippen LogP) is 2.80. The number of carboxylic acid groups (broad SMARTS) is 1. The molecule has 1 aromatic heterocycles. The minimum absolute atomic E-state index is 0.158. The lowest BCUT2D eigenvalue weighted by molar-refractivity contribution is -0.143. The topological polar surface area (TPSA) is 89.2 Å². The molecule has 0 unspecified atom stereocenters. The fraction of sp³-hybridized carbons (Fsp3) is 0.368. The Morgan fingerprint density at radius 1 is 1.23 bits per heavy atom. The Hall–Kier alpha value is -2.96. The normalized spacial score (nSPS) is 17.0. The first kappa shape index (κ1) is 17.8. The van der Waals surface area contributed by atoms with E-state index in [2.05, 4.69) is 0 Å². The van der Waals surface area contributed by atoms with Crippen LogP contribution >= 0.6 is 0 Å². The molecule has 7 heteroatoms. The summed E-state index contributed by atoms with van der Waals surface area (Å²) in [4.78, 5) is 25.2. The van der Waals surface area contributed by atoms with Crippen molar-refractivity contribution >= 4 is 11.9 Å². The number of benzene rings is 1. The summed E-state index contributed by atoms with van der Waals surface area (Å²) in [7, 11) is 1.56. The number of carboxylic acids is 1. The largest absolute Gasteiger partial charge is 0.493 e. The van der Waals surface area contributed by atoms with Gasteiger partial charge in [-0.15, -0.1) is 0 Å². The minimum Gasteiger partial charge on any atom is -0.493 e. The van der Waals surface area contributed by atoms with Gasteiger partial charge in [0.1, 0.15) is 12.4 Å². The molecule has 3 rings (SSSR count). The van der Waals surface area contributed by atoms with E-state index in [1.165, 1.54) is 4.90 Å². The van der Waals surface area contributed by atoms with Crippen molar-refractivity contribution in [1.29, 1.82) is 0 Å². The van der Waals surface area contributed by atoms with Gasteiger partial charge in [0.15, 0.2) is 17.3 Å². The van der Waals surface area contributed by atoms with Gasteiger partial charge in [-0.1, -0.05) is 12.1 Å². The van der Waals surface area contributed by atoms with Gasteiger partial charge in [-0.3, -0.25) is 9.59 Å². The van der Waals surface area contributed by atoms with Crippen LogP contribution in [0.1, 0.15) is 29.2 Å². The molecule has 1 aliphatic heterocycles. The lowest BCUT2D eigenvalue weighted by Crippen LogP contribution is -2.42. The molecule has 138 valence electrons. The van der Waals surface area contributed by atoms with Crippen LogP contribution in [0.3, 0.4) is 0 Å². The van der Waals surface area contributed by atoms with Crippen LogP contribution in [0.25, 0.3) is 0 Å². The summed E-state index contributed by atoms with van der Waals surface area (Å²) in [5.41, 5.74) is 0. The highest BCUT2D eigenvalue weighted by Gasteiger charge is 2.29. The van der Waals surface area contributed by atoms with Gasteiger partial charge in [-0.25, -0.2) is 0 Å². The Balaban J connectivity index is 1.62. The first-order valence-electron chi connectivity index (χ1n) is 8.45. The van der Waals surface area contributed by atoms with Gasteiger partial charge in [-0.2, -0.15) is 0 Å². The zero-order valence-electron chi connectivity index (χ0n) is 14.5. The molecule has 2 heterocycles. The SMILES string of the molecule is COc1ccccc1OCc1ccc(C(=O)N2CCC[C@@H](C(=O)O)C2)o1. The van der Waals surface area contributed by atoms with Gasteiger partial charge >= 0.3 is 5.97 Å². The highest BCUT2D eigenvalue weighted by atomic mass is 16.5. The molecule has 1 N–H and O–H groups in total.